The van der Waals surface area contributed by atoms with Crippen LogP contribution >= 0.6 is 0 Å². The predicted molar refractivity (Wildman–Crippen MR) is 65.8 cm³/mol. The smallest absolute Gasteiger partial charge is 0.244 e. The highest BCUT2D eigenvalue weighted by molar-refractivity contribution is 7.89. The van der Waals surface area contributed by atoms with Crippen LogP contribution in [0.2, 0.25) is 0 Å². The highest BCUT2D eigenvalue weighted by Gasteiger charge is 2.20. The number of anilines is 1. The molecule has 0 spiro atoms. The summed E-state index contributed by atoms with van der Waals surface area (Å²) in [5.41, 5.74) is 5.55. The SMILES string of the molecule is Nc1ncccc1S(=O)(=O)NCCC1CCC1. The van der Waals surface area contributed by atoms with Crippen molar-refractivity contribution < 1.29 is 8.42 Å². The molecular weight excluding hydrogens is 238 g/mol. The highest BCUT2D eigenvalue weighted by Crippen LogP contribution is 2.28. The molecule has 1 aliphatic carbocycles. The molecule has 0 atom stereocenters. The van der Waals surface area contributed by atoms with Crippen molar-refractivity contribution >= 4 is 15.8 Å². The Balaban J connectivity index is 1.96. The lowest BCUT2D eigenvalue weighted by atomic mass is 9.83. The molecule has 0 saturated heterocycles. The molecular formula is C11H17N3O2S. The number of hydrogen-bond donors (Lipinski definition) is 2. The maximum atomic E-state index is 11.9. The molecule has 0 aromatic carbocycles. The largest absolute Gasteiger partial charge is 0.383 e. The summed E-state index contributed by atoms with van der Waals surface area (Å²) in [5.74, 6) is 0.729. The number of nitrogens with two attached hydrogens (primary N) is 1. The Kier molecular flexibility index (Phi) is 3.63. The fourth-order valence-electron chi connectivity index (χ4n) is 1.89. The van der Waals surface area contributed by atoms with E-state index >= 15 is 0 Å². The fraction of sp³-hybridized carbons (Fsp3) is 0.545. The van der Waals surface area contributed by atoms with Crippen molar-refractivity contribution in [3.8, 4) is 0 Å². The molecule has 0 bridgehead atoms. The molecule has 17 heavy (non-hydrogen) atoms. The molecule has 1 aromatic rings. The number of aromatic nitrogens is 1. The van der Waals surface area contributed by atoms with Crippen LogP contribution < -0.4 is 10.5 Å². The van der Waals surface area contributed by atoms with Crippen molar-refractivity contribution in [1.29, 1.82) is 0 Å². The summed E-state index contributed by atoms with van der Waals surface area (Å²) in [6.07, 6.45) is 6.09. The van der Waals surface area contributed by atoms with Crippen LogP contribution in [0.25, 0.3) is 0 Å². The second-order valence-electron chi connectivity index (χ2n) is 4.37. The first-order valence-electron chi connectivity index (χ1n) is 5.80. The first kappa shape index (κ1) is 12.3. The summed E-state index contributed by atoms with van der Waals surface area (Å²) >= 11 is 0. The van der Waals surface area contributed by atoms with Gasteiger partial charge in [0.25, 0.3) is 0 Å². The van der Waals surface area contributed by atoms with E-state index in [1.54, 1.807) is 6.07 Å². The van der Waals surface area contributed by atoms with Crippen LogP contribution in [0.15, 0.2) is 23.2 Å². The maximum Gasteiger partial charge on any atom is 0.244 e. The molecule has 1 saturated carbocycles. The Bertz CT molecular complexity index is 483. The van der Waals surface area contributed by atoms with Gasteiger partial charge in [0.05, 0.1) is 0 Å². The monoisotopic (exact) mass is 255 g/mol. The summed E-state index contributed by atoms with van der Waals surface area (Å²) in [6, 6.07) is 3.03. The second kappa shape index (κ2) is 5.01. The summed E-state index contributed by atoms with van der Waals surface area (Å²) in [6.45, 7) is 0.474. The first-order chi connectivity index (χ1) is 8.09. The zero-order valence-corrected chi connectivity index (χ0v) is 10.4. The summed E-state index contributed by atoms with van der Waals surface area (Å²) in [7, 11) is -3.51. The molecule has 5 nitrogen and oxygen atoms in total. The minimum Gasteiger partial charge on any atom is -0.383 e. The van der Waals surface area contributed by atoms with Gasteiger partial charge in [-0.15, -0.1) is 0 Å². The number of nitrogen functional groups attached to an aromatic ring is 1. The van der Waals surface area contributed by atoms with Crippen molar-refractivity contribution in [1.82, 2.24) is 9.71 Å². The number of sulfonamides is 1. The number of nitrogens with one attached hydrogen (secondary N) is 1. The zero-order valence-electron chi connectivity index (χ0n) is 9.59. The standard InChI is InChI=1S/C11H17N3O2S/c12-11-10(5-2-7-13-11)17(15,16)14-8-6-9-3-1-4-9/h2,5,7,9,14H,1,3-4,6,8H2,(H2,12,13). The third kappa shape index (κ3) is 2.95. The molecule has 6 heteroatoms. The molecule has 0 unspecified atom stereocenters. The first-order valence-corrected chi connectivity index (χ1v) is 7.28. The lowest BCUT2D eigenvalue weighted by Crippen LogP contribution is -2.28. The van der Waals surface area contributed by atoms with Crippen molar-refractivity contribution in [3.63, 3.8) is 0 Å². The van der Waals surface area contributed by atoms with Gasteiger partial charge < -0.3 is 5.73 Å². The average molecular weight is 255 g/mol. The van der Waals surface area contributed by atoms with Gasteiger partial charge in [-0.2, -0.15) is 0 Å². The quantitative estimate of drug-likeness (QED) is 0.826. The van der Waals surface area contributed by atoms with Crippen molar-refractivity contribution in [2.24, 2.45) is 5.92 Å². The zero-order chi connectivity index (χ0) is 12.3. The van der Waals surface area contributed by atoms with E-state index in [1.807, 2.05) is 0 Å². The van der Waals surface area contributed by atoms with E-state index in [2.05, 4.69) is 9.71 Å². The Hall–Kier alpha value is -1.14. The lowest BCUT2D eigenvalue weighted by Gasteiger charge is -2.25. The van der Waals surface area contributed by atoms with Crippen molar-refractivity contribution in [2.45, 2.75) is 30.6 Å². The van der Waals surface area contributed by atoms with Crippen LogP contribution in [0.4, 0.5) is 5.82 Å². The van der Waals surface area contributed by atoms with E-state index < -0.39 is 10.0 Å². The van der Waals surface area contributed by atoms with E-state index in [4.69, 9.17) is 5.73 Å². The maximum absolute atomic E-state index is 11.9. The van der Waals surface area contributed by atoms with E-state index in [0.29, 0.717) is 12.5 Å². The summed E-state index contributed by atoms with van der Waals surface area (Å²) in [4.78, 5) is 3.84. The molecule has 2 rings (SSSR count). The number of pyridine rings is 1. The predicted octanol–water partition coefficient (Wildman–Crippen LogP) is 1.13. The second-order valence-corrected chi connectivity index (χ2v) is 6.11. The van der Waals surface area contributed by atoms with Gasteiger partial charge in [0.2, 0.25) is 10.0 Å². The highest BCUT2D eigenvalue weighted by atomic mass is 32.2. The minimum atomic E-state index is -3.51. The Morgan fingerprint density at radius 2 is 2.24 bits per heavy atom. The van der Waals surface area contributed by atoms with E-state index in [1.165, 1.54) is 31.5 Å². The molecule has 1 aromatic heterocycles. The molecule has 0 amide bonds. The molecule has 3 N–H and O–H groups in total. The van der Waals surface area contributed by atoms with Crippen LogP contribution in [0.1, 0.15) is 25.7 Å². The van der Waals surface area contributed by atoms with Crippen LogP contribution in [0.5, 0.6) is 0 Å². The van der Waals surface area contributed by atoms with Gasteiger partial charge >= 0.3 is 0 Å². The third-order valence-corrected chi connectivity index (χ3v) is 4.67. The normalized spacial score (nSPS) is 16.7. The van der Waals surface area contributed by atoms with Gasteiger partial charge in [-0.05, 0) is 24.5 Å². The van der Waals surface area contributed by atoms with E-state index in [0.717, 1.165) is 6.42 Å². The molecule has 1 heterocycles. The molecule has 94 valence electrons. The molecule has 0 aliphatic heterocycles. The van der Waals surface area contributed by atoms with Gasteiger partial charge in [-0.1, -0.05) is 19.3 Å². The number of hydrogen-bond acceptors (Lipinski definition) is 4. The van der Waals surface area contributed by atoms with Gasteiger partial charge in [-0.3, -0.25) is 0 Å². The number of nitrogens with zero attached hydrogens (tertiary/aromatic N) is 1. The third-order valence-electron chi connectivity index (χ3n) is 3.16. The molecule has 0 radical (unpaired) electrons. The van der Waals surface area contributed by atoms with E-state index in [-0.39, 0.29) is 10.7 Å². The van der Waals surface area contributed by atoms with Gasteiger partial charge in [0, 0.05) is 12.7 Å². The molecule has 1 aliphatic rings. The van der Waals surface area contributed by atoms with Gasteiger partial charge in [0.1, 0.15) is 10.7 Å². The van der Waals surface area contributed by atoms with E-state index in [9.17, 15) is 8.42 Å². The lowest BCUT2D eigenvalue weighted by molar-refractivity contribution is 0.297. The topological polar surface area (TPSA) is 85.1 Å². The number of rotatable bonds is 5. The van der Waals surface area contributed by atoms with Crippen molar-refractivity contribution in [2.75, 3.05) is 12.3 Å². The Morgan fingerprint density at radius 3 is 2.82 bits per heavy atom. The van der Waals surface area contributed by atoms with Crippen LogP contribution in [-0.2, 0) is 10.0 Å². The minimum absolute atomic E-state index is 0.0450. The fourth-order valence-corrected chi connectivity index (χ4v) is 3.01. The van der Waals surface area contributed by atoms with Crippen LogP contribution in [0, 0.1) is 5.92 Å². The van der Waals surface area contributed by atoms with Crippen LogP contribution in [-0.4, -0.2) is 19.9 Å². The van der Waals surface area contributed by atoms with Crippen LogP contribution in [0.3, 0.4) is 0 Å². The summed E-state index contributed by atoms with van der Waals surface area (Å²) < 4.78 is 26.4. The van der Waals surface area contributed by atoms with Crippen molar-refractivity contribution in [3.05, 3.63) is 18.3 Å². The Labute approximate surface area is 101 Å². The van der Waals surface area contributed by atoms with Gasteiger partial charge in [-0.25, -0.2) is 18.1 Å². The summed E-state index contributed by atoms with van der Waals surface area (Å²) in [5, 5.41) is 0. The van der Waals surface area contributed by atoms with Gasteiger partial charge in [0.15, 0.2) is 0 Å². The average Bonchev–Trinajstić information content (AvgIpc) is 2.22. The Morgan fingerprint density at radius 1 is 1.47 bits per heavy atom. The molecule has 1 fully saturated rings.